The van der Waals surface area contributed by atoms with Gasteiger partial charge in [0.05, 0.1) is 17.7 Å². The molecule has 0 N–H and O–H groups in total. The number of ketones is 1. The number of Topliss-reactive ketones (excluding diaryl/α,β-unsaturated/α-hetero) is 1. The summed E-state index contributed by atoms with van der Waals surface area (Å²) in [6.45, 7) is 11.1. The molecule has 1 heterocycles. The molecule has 0 bridgehead atoms. The molecular weight excluding hydrogens is 354 g/mol. The van der Waals surface area contributed by atoms with Crippen LogP contribution in [0.2, 0.25) is 18.1 Å². The molecule has 1 atom stereocenters. The maximum atomic E-state index is 12.2. The maximum absolute atomic E-state index is 12.2. The Morgan fingerprint density at radius 2 is 2.07 bits per heavy atom. The zero-order valence-corrected chi connectivity index (χ0v) is 17.8. The Hall–Kier alpha value is -2.32. The van der Waals surface area contributed by atoms with E-state index in [-0.39, 0.29) is 10.8 Å². The molecule has 1 aliphatic carbocycles. The van der Waals surface area contributed by atoms with Gasteiger partial charge in [-0.3, -0.25) is 4.79 Å². The largest absolute Gasteiger partial charge is 0.543 e. The van der Waals surface area contributed by atoms with Crippen molar-refractivity contribution in [3.8, 4) is 11.8 Å². The number of hydrogen-bond acceptors (Lipinski definition) is 4. The van der Waals surface area contributed by atoms with E-state index in [1.165, 1.54) is 6.26 Å². The Labute approximate surface area is 162 Å². The van der Waals surface area contributed by atoms with Crippen molar-refractivity contribution in [1.29, 1.82) is 5.26 Å². The molecule has 1 unspecified atom stereocenters. The van der Waals surface area contributed by atoms with Crippen LogP contribution in [0.5, 0.6) is 5.75 Å². The highest BCUT2D eigenvalue weighted by Crippen LogP contribution is 2.46. The van der Waals surface area contributed by atoms with Crippen molar-refractivity contribution in [1.82, 2.24) is 0 Å². The van der Waals surface area contributed by atoms with Gasteiger partial charge in [0.15, 0.2) is 11.5 Å². The number of furan rings is 1. The molecule has 0 aliphatic heterocycles. The van der Waals surface area contributed by atoms with E-state index in [1.807, 2.05) is 12.1 Å². The summed E-state index contributed by atoms with van der Waals surface area (Å²) in [5.74, 6) is 1.19. The molecule has 3 rings (SSSR count). The van der Waals surface area contributed by atoms with Crippen molar-refractivity contribution in [2.24, 2.45) is 0 Å². The Kier molecular flexibility index (Phi) is 4.81. The van der Waals surface area contributed by atoms with Gasteiger partial charge >= 0.3 is 0 Å². The van der Waals surface area contributed by atoms with E-state index in [0.717, 1.165) is 16.9 Å². The zero-order valence-electron chi connectivity index (χ0n) is 16.8. The van der Waals surface area contributed by atoms with E-state index >= 15 is 0 Å². The van der Waals surface area contributed by atoms with Crippen molar-refractivity contribution in [2.75, 3.05) is 0 Å². The molecule has 4 nitrogen and oxygen atoms in total. The minimum atomic E-state index is -1.89. The van der Waals surface area contributed by atoms with Crippen molar-refractivity contribution in [3.05, 3.63) is 53.5 Å². The molecule has 27 heavy (non-hydrogen) atoms. The van der Waals surface area contributed by atoms with Crippen LogP contribution < -0.4 is 4.43 Å². The van der Waals surface area contributed by atoms with E-state index in [1.54, 1.807) is 12.1 Å². The van der Waals surface area contributed by atoms with Crippen LogP contribution in [0.25, 0.3) is 0 Å². The van der Waals surface area contributed by atoms with Gasteiger partial charge in [-0.1, -0.05) is 26.8 Å². The topological polar surface area (TPSA) is 63.2 Å². The van der Waals surface area contributed by atoms with Gasteiger partial charge in [-0.25, -0.2) is 0 Å². The summed E-state index contributed by atoms with van der Waals surface area (Å²) in [6.07, 6.45) is 2.98. The van der Waals surface area contributed by atoms with Crippen LogP contribution in [0.15, 0.2) is 41.0 Å². The number of carbonyl (C=O) groups excluding carboxylic acids is 1. The molecule has 0 fully saturated rings. The average molecular weight is 382 g/mol. The number of carbonyl (C=O) groups is 1. The summed E-state index contributed by atoms with van der Waals surface area (Å²) >= 11 is 0. The SMILES string of the molecule is CC(C)(C)[Si](C)(C)Oc1ccc2c(c1)CC2(C#N)CCC(=O)c1ccco1. The molecule has 0 saturated heterocycles. The molecule has 1 aliphatic rings. The van der Waals surface area contributed by atoms with Crippen LogP contribution in [0, 0.1) is 11.3 Å². The Morgan fingerprint density at radius 1 is 1.33 bits per heavy atom. The van der Waals surface area contributed by atoms with Gasteiger partial charge in [0.25, 0.3) is 0 Å². The Morgan fingerprint density at radius 3 is 2.63 bits per heavy atom. The first kappa shape index (κ1) is 19.4. The summed E-state index contributed by atoms with van der Waals surface area (Å²) < 4.78 is 11.5. The summed E-state index contributed by atoms with van der Waals surface area (Å²) in [5.41, 5.74) is 1.60. The molecule has 1 aromatic heterocycles. The molecule has 0 radical (unpaired) electrons. The minimum Gasteiger partial charge on any atom is -0.543 e. The second-order valence-electron chi connectivity index (χ2n) is 8.95. The van der Waals surface area contributed by atoms with Gasteiger partial charge in [-0.05, 0) is 66.4 Å². The van der Waals surface area contributed by atoms with Crippen molar-refractivity contribution >= 4 is 14.1 Å². The number of fused-ring (bicyclic) bond motifs is 1. The zero-order chi connectivity index (χ0) is 19.9. The predicted octanol–water partition coefficient (Wildman–Crippen LogP) is 5.64. The van der Waals surface area contributed by atoms with Crippen LogP contribution in [0.3, 0.4) is 0 Å². The number of benzene rings is 1. The van der Waals surface area contributed by atoms with Crippen molar-refractivity contribution in [3.63, 3.8) is 0 Å². The number of nitrogens with zero attached hydrogens (tertiary/aromatic N) is 1. The molecule has 2 aromatic rings. The minimum absolute atomic E-state index is 0.0547. The third-order valence-corrected chi connectivity index (χ3v) is 10.4. The van der Waals surface area contributed by atoms with Gasteiger partial charge in [0.1, 0.15) is 5.75 Å². The summed E-state index contributed by atoms with van der Waals surface area (Å²) in [6, 6.07) is 11.9. The van der Waals surface area contributed by atoms with Gasteiger partial charge in [0, 0.05) is 6.42 Å². The van der Waals surface area contributed by atoms with Gasteiger partial charge in [-0.2, -0.15) is 5.26 Å². The van der Waals surface area contributed by atoms with E-state index in [4.69, 9.17) is 8.84 Å². The molecule has 142 valence electrons. The van der Waals surface area contributed by atoms with E-state index in [0.29, 0.717) is 25.0 Å². The lowest BCUT2D eigenvalue weighted by molar-refractivity contribution is 0.0945. The Balaban J connectivity index is 1.72. The van der Waals surface area contributed by atoms with E-state index in [2.05, 4.69) is 46.0 Å². The number of hydrogen-bond donors (Lipinski definition) is 0. The second-order valence-corrected chi connectivity index (χ2v) is 13.7. The fourth-order valence-corrected chi connectivity index (χ4v) is 4.30. The van der Waals surface area contributed by atoms with Gasteiger partial charge < -0.3 is 8.84 Å². The first-order valence-electron chi connectivity index (χ1n) is 9.38. The third kappa shape index (κ3) is 3.59. The standard InChI is InChI=1S/C22H27NO3Si/c1-21(2,3)27(4,5)26-17-8-9-18-16(13-17)14-22(18,15-23)11-10-19(24)20-7-6-12-25-20/h6-9,12-13H,10-11,14H2,1-5H3. The lowest BCUT2D eigenvalue weighted by atomic mass is 9.62. The lowest BCUT2D eigenvalue weighted by Gasteiger charge is -2.40. The third-order valence-electron chi connectivity index (χ3n) is 6.05. The number of nitriles is 1. The quantitative estimate of drug-likeness (QED) is 0.479. The molecular formula is C22H27NO3Si. The van der Waals surface area contributed by atoms with E-state index in [9.17, 15) is 10.1 Å². The highest BCUT2D eigenvalue weighted by molar-refractivity contribution is 6.74. The second kappa shape index (κ2) is 6.69. The smallest absolute Gasteiger partial charge is 0.250 e. The summed E-state index contributed by atoms with van der Waals surface area (Å²) in [4.78, 5) is 12.2. The van der Waals surface area contributed by atoms with E-state index < -0.39 is 13.7 Å². The normalized spacial score (nSPS) is 19.0. The van der Waals surface area contributed by atoms with Crippen LogP contribution in [-0.4, -0.2) is 14.1 Å². The van der Waals surface area contributed by atoms with Crippen LogP contribution in [0.1, 0.15) is 55.3 Å². The highest BCUT2D eigenvalue weighted by atomic mass is 28.4. The molecule has 0 amide bonds. The monoisotopic (exact) mass is 381 g/mol. The first-order valence-corrected chi connectivity index (χ1v) is 12.3. The van der Waals surface area contributed by atoms with Crippen LogP contribution in [-0.2, 0) is 11.8 Å². The molecule has 0 spiro atoms. The van der Waals surface area contributed by atoms with Crippen LogP contribution >= 0.6 is 0 Å². The molecule has 1 aromatic carbocycles. The maximum Gasteiger partial charge on any atom is 0.250 e. The first-order chi connectivity index (χ1) is 12.6. The lowest BCUT2D eigenvalue weighted by Crippen LogP contribution is -2.44. The van der Waals surface area contributed by atoms with Gasteiger partial charge in [-0.15, -0.1) is 0 Å². The number of rotatable bonds is 6. The fraction of sp³-hybridized carbons (Fsp3) is 0.455. The average Bonchev–Trinajstić information content (AvgIpc) is 3.09. The van der Waals surface area contributed by atoms with Crippen molar-refractivity contribution < 1.29 is 13.6 Å². The Bertz CT molecular complexity index is 887. The summed E-state index contributed by atoms with van der Waals surface area (Å²) in [5, 5.41) is 9.92. The summed E-state index contributed by atoms with van der Waals surface area (Å²) in [7, 11) is -1.89. The molecule has 0 saturated carbocycles. The fourth-order valence-electron chi connectivity index (χ4n) is 3.27. The van der Waals surface area contributed by atoms with Crippen molar-refractivity contribution in [2.45, 2.75) is 63.6 Å². The predicted molar refractivity (Wildman–Crippen MR) is 108 cm³/mol. The molecule has 5 heteroatoms. The van der Waals surface area contributed by atoms with Gasteiger partial charge in [0.2, 0.25) is 8.32 Å². The highest BCUT2D eigenvalue weighted by Gasteiger charge is 2.44. The van der Waals surface area contributed by atoms with Crippen LogP contribution in [0.4, 0.5) is 0 Å².